The lowest BCUT2D eigenvalue weighted by molar-refractivity contribution is 0.315. The first-order valence-corrected chi connectivity index (χ1v) is 7.42. The molecular weight excluding hydrogens is 302 g/mol. The minimum atomic E-state index is -3.78. The molecule has 8 heteroatoms. The van der Waals surface area contributed by atoms with Crippen LogP contribution in [0.25, 0.3) is 11.0 Å². The Morgan fingerprint density at radius 2 is 1.80 bits per heavy atom. The number of rotatable bonds is 3. The van der Waals surface area contributed by atoms with Crippen molar-refractivity contribution >= 4 is 38.3 Å². The van der Waals surface area contributed by atoms with E-state index in [1.807, 2.05) is 0 Å². The van der Waals surface area contributed by atoms with Crippen LogP contribution >= 0.6 is 11.6 Å². The van der Waals surface area contributed by atoms with Crippen LogP contribution in [0.15, 0.2) is 52.0 Å². The van der Waals surface area contributed by atoms with Gasteiger partial charge in [-0.1, -0.05) is 17.7 Å². The highest BCUT2D eigenvalue weighted by atomic mass is 35.5. The second kappa shape index (κ2) is 4.77. The quantitative estimate of drug-likeness (QED) is 0.804. The minimum absolute atomic E-state index is 0.00574. The molecule has 0 atom stereocenters. The van der Waals surface area contributed by atoms with E-state index in [1.54, 1.807) is 36.4 Å². The van der Waals surface area contributed by atoms with Crippen molar-refractivity contribution in [3.05, 3.63) is 47.5 Å². The monoisotopic (exact) mass is 309 g/mol. The first kappa shape index (κ1) is 12.9. The van der Waals surface area contributed by atoms with Gasteiger partial charge in [-0.15, -0.1) is 0 Å². The van der Waals surface area contributed by atoms with Gasteiger partial charge in [0.15, 0.2) is 5.52 Å². The molecule has 1 aromatic heterocycles. The van der Waals surface area contributed by atoms with Crippen LogP contribution in [-0.2, 0) is 10.0 Å². The van der Waals surface area contributed by atoms with Crippen molar-refractivity contribution in [1.82, 2.24) is 10.3 Å². The number of anilines is 1. The summed E-state index contributed by atoms with van der Waals surface area (Å²) < 4.78 is 31.7. The lowest BCUT2D eigenvalue weighted by Gasteiger charge is -2.07. The largest absolute Gasteiger partial charge is 0.280 e. The lowest BCUT2D eigenvalue weighted by atomic mass is 10.3. The van der Waals surface area contributed by atoms with Crippen molar-refractivity contribution in [3.63, 3.8) is 0 Å². The third kappa shape index (κ3) is 2.33. The van der Waals surface area contributed by atoms with Gasteiger partial charge in [-0.05, 0) is 46.7 Å². The molecule has 0 radical (unpaired) electrons. The molecule has 0 amide bonds. The number of hydrogen-bond donors (Lipinski definition) is 1. The number of halogens is 1. The van der Waals surface area contributed by atoms with Gasteiger partial charge < -0.3 is 0 Å². The Morgan fingerprint density at radius 1 is 1.05 bits per heavy atom. The summed E-state index contributed by atoms with van der Waals surface area (Å²) in [7, 11) is -3.78. The summed E-state index contributed by atoms with van der Waals surface area (Å²) >= 11 is 5.76. The van der Waals surface area contributed by atoms with E-state index in [1.165, 1.54) is 6.07 Å². The van der Waals surface area contributed by atoms with E-state index >= 15 is 0 Å². The van der Waals surface area contributed by atoms with E-state index in [2.05, 4.69) is 19.7 Å². The number of benzene rings is 2. The number of fused-ring (bicyclic) bond motifs is 1. The second-order valence-electron chi connectivity index (χ2n) is 4.00. The zero-order chi connectivity index (χ0) is 14.2. The smallest absolute Gasteiger partial charge is 0.264 e. The van der Waals surface area contributed by atoms with E-state index < -0.39 is 10.0 Å². The molecule has 1 N–H and O–H groups in total. The zero-order valence-corrected chi connectivity index (χ0v) is 11.5. The van der Waals surface area contributed by atoms with Crippen LogP contribution in [-0.4, -0.2) is 18.7 Å². The fourth-order valence-corrected chi connectivity index (χ4v) is 3.06. The van der Waals surface area contributed by atoms with E-state index in [-0.39, 0.29) is 10.4 Å². The average Bonchev–Trinajstić information content (AvgIpc) is 2.89. The van der Waals surface area contributed by atoms with Crippen molar-refractivity contribution in [3.8, 4) is 0 Å². The van der Waals surface area contributed by atoms with Crippen molar-refractivity contribution in [1.29, 1.82) is 0 Å². The van der Waals surface area contributed by atoms with Crippen LogP contribution in [0.2, 0.25) is 5.02 Å². The molecule has 0 unspecified atom stereocenters. The highest BCUT2D eigenvalue weighted by molar-refractivity contribution is 7.93. The van der Waals surface area contributed by atoms with Crippen molar-refractivity contribution < 1.29 is 13.0 Å². The topological polar surface area (TPSA) is 85.1 Å². The van der Waals surface area contributed by atoms with Crippen molar-refractivity contribution in [2.75, 3.05) is 4.72 Å². The lowest BCUT2D eigenvalue weighted by Crippen LogP contribution is -2.13. The number of hydrogen-bond acceptors (Lipinski definition) is 5. The second-order valence-corrected chi connectivity index (χ2v) is 6.09. The summed E-state index contributed by atoms with van der Waals surface area (Å²) in [5.41, 5.74) is 0.973. The molecule has 3 aromatic rings. The molecule has 6 nitrogen and oxygen atoms in total. The number of nitrogens with one attached hydrogen (secondary N) is 1. The highest BCUT2D eigenvalue weighted by Crippen LogP contribution is 2.23. The predicted octanol–water partition coefficient (Wildman–Crippen LogP) is 2.68. The van der Waals surface area contributed by atoms with E-state index in [4.69, 9.17) is 11.6 Å². The van der Waals surface area contributed by atoms with Crippen LogP contribution in [0.5, 0.6) is 0 Å². The molecule has 102 valence electrons. The molecule has 20 heavy (non-hydrogen) atoms. The third-order valence-corrected chi connectivity index (χ3v) is 4.30. The molecule has 3 rings (SSSR count). The maximum atomic E-state index is 12.3. The molecule has 0 saturated heterocycles. The Balaban J connectivity index is 2.03. The summed E-state index contributed by atoms with van der Waals surface area (Å²) in [5, 5.41) is 7.75. The fraction of sp³-hybridized carbons (Fsp3) is 0. The van der Waals surface area contributed by atoms with Crippen LogP contribution in [0.1, 0.15) is 0 Å². The molecule has 1 heterocycles. The first-order chi connectivity index (χ1) is 9.56. The van der Waals surface area contributed by atoms with E-state index in [0.717, 1.165) is 0 Å². The molecule has 0 spiro atoms. The van der Waals surface area contributed by atoms with Crippen LogP contribution in [0.4, 0.5) is 5.69 Å². The highest BCUT2D eigenvalue weighted by Gasteiger charge is 2.20. The molecule has 0 saturated carbocycles. The Hall–Kier alpha value is -2.12. The molecule has 0 fully saturated rings. The molecule has 0 bridgehead atoms. The van der Waals surface area contributed by atoms with Gasteiger partial charge in [-0.2, -0.15) is 0 Å². The minimum Gasteiger partial charge on any atom is -0.280 e. The van der Waals surface area contributed by atoms with Gasteiger partial charge in [-0.3, -0.25) is 4.72 Å². The maximum Gasteiger partial charge on any atom is 0.264 e. The van der Waals surface area contributed by atoms with Crippen LogP contribution < -0.4 is 4.72 Å². The molecule has 0 aliphatic rings. The standard InChI is InChI=1S/C12H8ClN3O3S/c13-8-4-6-9(7-5-8)16-20(17,18)11-3-1-2-10-12(11)15-19-14-10/h1-7,16H. The SMILES string of the molecule is O=S(=O)(Nc1ccc(Cl)cc1)c1cccc2nonc12. The van der Waals surface area contributed by atoms with E-state index in [9.17, 15) is 8.42 Å². The Kier molecular flexibility index (Phi) is 3.07. The van der Waals surface area contributed by atoms with Gasteiger partial charge >= 0.3 is 0 Å². The number of nitrogens with zero attached hydrogens (tertiary/aromatic N) is 2. The summed E-state index contributed by atoms with van der Waals surface area (Å²) in [4.78, 5) is 0.00574. The average molecular weight is 310 g/mol. The zero-order valence-electron chi connectivity index (χ0n) is 9.95. The van der Waals surface area contributed by atoms with E-state index in [0.29, 0.717) is 16.2 Å². The Labute approximate surface area is 119 Å². The van der Waals surface area contributed by atoms with Gasteiger partial charge in [-0.25, -0.2) is 13.0 Å². The van der Waals surface area contributed by atoms with Gasteiger partial charge in [0.05, 0.1) is 0 Å². The van der Waals surface area contributed by atoms with Gasteiger partial charge in [0.25, 0.3) is 10.0 Å². The summed E-state index contributed by atoms with van der Waals surface area (Å²) in [5.74, 6) is 0. The molecule has 0 aliphatic heterocycles. The van der Waals surface area contributed by atoms with Crippen molar-refractivity contribution in [2.24, 2.45) is 0 Å². The summed E-state index contributed by atoms with van der Waals surface area (Å²) in [6.07, 6.45) is 0. The first-order valence-electron chi connectivity index (χ1n) is 5.56. The Morgan fingerprint density at radius 3 is 2.55 bits per heavy atom. The number of sulfonamides is 1. The fourth-order valence-electron chi connectivity index (χ4n) is 1.73. The number of aromatic nitrogens is 2. The molecular formula is C12H8ClN3O3S. The Bertz CT molecular complexity index is 859. The van der Waals surface area contributed by atoms with Crippen molar-refractivity contribution in [2.45, 2.75) is 4.90 Å². The summed E-state index contributed by atoms with van der Waals surface area (Å²) in [6, 6.07) is 11.0. The molecule has 0 aliphatic carbocycles. The van der Waals surface area contributed by atoms with Gasteiger partial charge in [0.1, 0.15) is 10.4 Å². The molecule has 2 aromatic carbocycles. The predicted molar refractivity (Wildman–Crippen MR) is 74.1 cm³/mol. The van der Waals surface area contributed by atoms with Crippen LogP contribution in [0, 0.1) is 0 Å². The van der Waals surface area contributed by atoms with Gasteiger partial charge in [0.2, 0.25) is 0 Å². The maximum absolute atomic E-state index is 12.3. The van der Waals surface area contributed by atoms with Gasteiger partial charge in [0, 0.05) is 10.7 Å². The normalized spacial score (nSPS) is 11.7. The summed E-state index contributed by atoms with van der Waals surface area (Å²) in [6.45, 7) is 0. The van der Waals surface area contributed by atoms with Crippen LogP contribution in [0.3, 0.4) is 0 Å². The third-order valence-electron chi connectivity index (χ3n) is 2.63.